The van der Waals surface area contributed by atoms with Crippen LogP contribution in [0.3, 0.4) is 0 Å². The fourth-order valence-corrected chi connectivity index (χ4v) is 1.97. The Balaban J connectivity index is 0.000000853. The molecule has 0 saturated heterocycles. The molecule has 2 heterocycles. The quantitative estimate of drug-likeness (QED) is 0.376. The number of thioether (sulfide) groups is 1. The standard InChI is InChI=1S/C8H4N5S.Li/c1-2-6-7(14-4-9-6)3-5(1)8-10-12-13-11-8;/h1-4H;/q-1;+1. The van der Waals surface area contributed by atoms with Crippen molar-refractivity contribution in [3.8, 4) is 0 Å². The summed E-state index contributed by atoms with van der Waals surface area (Å²) in [6.07, 6.45) is 0. The summed E-state index contributed by atoms with van der Waals surface area (Å²) in [5, 5.41) is 16.4. The predicted octanol–water partition coefficient (Wildman–Crippen LogP) is -1.57. The van der Waals surface area contributed by atoms with E-state index < -0.39 is 0 Å². The van der Waals surface area contributed by atoms with Crippen LogP contribution in [0.1, 0.15) is 0 Å². The Morgan fingerprint density at radius 2 is 1.93 bits per heavy atom. The molecule has 2 aliphatic heterocycles. The number of fused-ring (bicyclic) bond motifs is 1. The van der Waals surface area contributed by atoms with Crippen molar-refractivity contribution in [1.82, 2.24) is 0 Å². The molecule has 0 atom stereocenters. The molecule has 0 fully saturated rings. The van der Waals surface area contributed by atoms with Crippen LogP contribution < -0.4 is 29.4 Å². The second kappa shape index (κ2) is 4.19. The predicted molar refractivity (Wildman–Crippen MR) is 50.5 cm³/mol. The van der Waals surface area contributed by atoms with Gasteiger partial charge in [-0.2, -0.15) is 11.8 Å². The van der Waals surface area contributed by atoms with Gasteiger partial charge in [0.05, 0.1) is 0 Å². The van der Waals surface area contributed by atoms with Crippen LogP contribution in [0.15, 0.2) is 48.8 Å². The monoisotopic (exact) mass is 209 g/mol. The zero-order valence-corrected chi connectivity index (χ0v) is 8.77. The SMILES string of the molecule is [Li+].c1cc2c(cc1=C1N=NN=N1)S[CH-]N=2. The number of nitrogens with zero attached hydrogens (tertiary/aromatic N) is 5. The van der Waals surface area contributed by atoms with Gasteiger partial charge >= 0.3 is 18.9 Å². The molecule has 0 amide bonds. The number of benzene rings is 1. The third-order valence-electron chi connectivity index (χ3n) is 1.91. The van der Waals surface area contributed by atoms with E-state index in [9.17, 15) is 0 Å². The zero-order chi connectivity index (χ0) is 9.38. The summed E-state index contributed by atoms with van der Waals surface area (Å²) in [5.74, 6) is 2.37. The number of rotatable bonds is 0. The van der Waals surface area contributed by atoms with Crippen LogP contribution in [-0.2, 0) is 0 Å². The van der Waals surface area contributed by atoms with Crippen molar-refractivity contribution in [3.63, 3.8) is 0 Å². The molecular formula is C8H4LiN5S. The van der Waals surface area contributed by atoms with Gasteiger partial charge < -0.3 is 4.99 Å². The molecule has 68 valence electrons. The van der Waals surface area contributed by atoms with Crippen LogP contribution in [0.4, 0.5) is 0 Å². The molecule has 7 heteroatoms. The molecule has 1 aromatic rings. The number of hydrogen-bond acceptors (Lipinski definition) is 6. The second-order valence-corrected chi connectivity index (χ2v) is 3.62. The molecule has 0 N–H and O–H groups in total. The first kappa shape index (κ1) is 10.4. The van der Waals surface area contributed by atoms with Crippen molar-refractivity contribution < 1.29 is 18.9 Å². The van der Waals surface area contributed by atoms with Crippen molar-refractivity contribution in [1.29, 1.82) is 0 Å². The summed E-state index contributed by atoms with van der Waals surface area (Å²) in [6, 6.07) is 5.85. The van der Waals surface area contributed by atoms with E-state index in [0.717, 1.165) is 15.5 Å². The van der Waals surface area contributed by atoms with Crippen LogP contribution in [0.5, 0.6) is 0 Å². The molecule has 5 nitrogen and oxygen atoms in total. The van der Waals surface area contributed by atoms with Crippen LogP contribution in [0, 0.1) is 5.88 Å². The van der Waals surface area contributed by atoms with Gasteiger partial charge in [0.1, 0.15) is 0 Å². The second-order valence-electron chi connectivity index (χ2n) is 2.74. The van der Waals surface area contributed by atoms with Crippen molar-refractivity contribution in [2.75, 3.05) is 0 Å². The fourth-order valence-electron chi connectivity index (χ4n) is 1.25. The molecule has 0 spiro atoms. The molecule has 0 bridgehead atoms. The van der Waals surface area contributed by atoms with Gasteiger partial charge in [-0.25, -0.2) is 0 Å². The summed E-state index contributed by atoms with van der Waals surface area (Å²) in [7, 11) is 0. The first-order chi connectivity index (χ1) is 6.93. The molecule has 0 radical (unpaired) electrons. The first-order valence-electron chi connectivity index (χ1n) is 3.96. The third-order valence-corrected chi connectivity index (χ3v) is 2.70. The normalized spacial score (nSPS) is 15.6. The van der Waals surface area contributed by atoms with E-state index in [2.05, 4.69) is 25.7 Å². The largest absolute Gasteiger partial charge is 1.00 e. The van der Waals surface area contributed by atoms with Gasteiger partial charge in [-0.1, -0.05) is 28.3 Å². The van der Waals surface area contributed by atoms with Gasteiger partial charge in [0.25, 0.3) is 0 Å². The van der Waals surface area contributed by atoms with Gasteiger partial charge in [0.2, 0.25) is 5.82 Å². The Morgan fingerprint density at radius 1 is 1.13 bits per heavy atom. The van der Waals surface area contributed by atoms with E-state index in [1.165, 1.54) is 0 Å². The molecular weight excluding hydrogens is 205 g/mol. The Labute approximate surface area is 102 Å². The smallest absolute Gasteiger partial charge is 0.435 e. The molecule has 3 rings (SSSR count). The molecule has 1 aromatic carbocycles. The van der Waals surface area contributed by atoms with Crippen molar-refractivity contribution in [3.05, 3.63) is 34.7 Å². The maximum absolute atomic E-state index is 4.19. The van der Waals surface area contributed by atoms with Crippen molar-refractivity contribution in [2.24, 2.45) is 25.7 Å². The first-order valence-corrected chi connectivity index (χ1v) is 4.84. The van der Waals surface area contributed by atoms with Crippen molar-refractivity contribution in [2.45, 2.75) is 4.90 Å². The maximum atomic E-state index is 4.19. The van der Waals surface area contributed by atoms with Gasteiger partial charge in [-0.3, -0.25) is 0 Å². The Kier molecular flexibility index (Phi) is 2.91. The van der Waals surface area contributed by atoms with E-state index in [1.807, 2.05) is 24.1 Å². The summed E-state index contributed by atoms with van der Waals surface area (Å²) in [5.41, 5.74) is 0. The minimum absolute atomic E-state index is 0. The average molecular weight is 209 g/mol. The Bertz CT molecular complexity index is 551. The minimum atomic E-state index is 0. The van der Waals surface area contributed by atoms with E-state index in [0.29, 0.717) is 5.82 Å². The zero-order valence-electron chi connectivity index (χ0n) is 7.95. The molecule has 0 aromatic heterocycles. The molecule has 0 saturated carbocycles. The van der Waals surface area contributed by atoms with Crippen molar-refractivity contribution >= 4 is 17.6 Å². The van der Waals surface area contributed by atoms with Gasteiger partial charge in [0.15, 0.2) is 0 Å². The van der Waals surface area contributed by atoms with E-state index in [4.69, 9.17) is 0 Å². The number of hydrogen-bond donors (Lipinski definition) is 0. The fraction of sp³-hybridized carbons (Fsp3) is 0. The van der Waals surface area contributed by atoms with Gasteiger partial charge in [-0.15, -0.1) is 16.3 Å². The van der Waals surface area contributed by atoms with E-state index in [1.54, 1.807) is 11.8 Å². The van der Waals surface area contributed by atoms with Gasteiger partial charge in [-0.05, 0) is 10.4 Å². The molecule has 0 aliphatic carbocycles. The Hall–Kier alpha value is -1.09. The van der Waals surface area contributed by atoms with Gasteiger partial charge in [0, 0.05) is 5.22 Å². The molecule has 2 aliphatic rings. The van der Waals surface area contributed by atoms with E-state index in [-0.39, 0.29) is 18.9 Å². The summed E-state index contributed by atoms with van der Waals surface area (Å²) in [4.78, 5) is 5.31. The topological polar surface area (TPSA) is 61.8 Å². The third kappa shape index (κ3) is 1.84. The molecule has 15 heavy (non-hydrogen) atoms. The van der Waals surface area contributed by atoms with Crippen LogP contribution in [-0.4, -0.2) is 0 Å². The minimum Gasteiger partial charge on any atom is -0.435 e. The average Bonchev–Trinajstić information content (AvgIpc) is 2.88. The van der Waals surface area contributed by atoms with Crippen LogP contribution in [0.2, 0.25) is 0 Å². The Morgan fingerprint density at radius 3 is 2.73 bits per heavy atom. The summed E-state index contributed by atoms with van der Waals surface area (Å²) >= 11 is 1.59. The summed E-state index contributed by atoms with van der Waals surface area (Å²) in [6.45, 7) is 0. The van der Waals surface area contributed by atoms with E-state index >= 15 is 0 Å². The molecule has 0 unspecified atom stereocenters. The van der Waals surface area contributed by atoms with Crippen LogP contribution in [0.25, 0.3) is 5.82 Å². The summed E-state index contributed by atoms with van der Waals surface area (Å²) < 4.78 is 0. The maximum Gasteiger partial charge on any atom is 1.00 e. The van der Waals surface area contributed by atoms with Crippen LogP contribution >= 0.6 is 11.8 Å².